The summed E-state index contributed by atoms with van der Waals surface area (Å²) in [7, 11) is 2.57. The second-order valence-corrected chi connectivity index (χ2v) is 36.1. The number of carbonyl (C=O) groups excluding carboxylic acids is 16. The lowest BCUT2D eigenvalue weighted by molar-refractivity contribution is -0.149. The highest BCUT2D eigenvalue weighted by Gasteiger charge is 2.48. The maximum Gasteiger partial charge on any atom is 0.323 e. The van der Waals surface area contributed by atoms with Crippen molar-refractivity contribution in [1.29, 1.82) is 0 Å². The molecule has 10 rings (SSSR count). The van der Waals surface area contributed by atoms with Gasteiger partial charge in [-0.25, -0.2) is 4.98 Å². The molecule has 3 aromatic carbocycles. The van der Waals surface area contributed by atoms with E-state index in [1.54, 1.807) is 62.4 Å². The molecule has 0 bridgehead atoms. The molecule has 4 fully saturated rings. The van der Waals surface area contributed by atoms with Gasteiger partial charge in [-0.2, -0.15) is 0 Å². The van der Waals surface area contributed by atoms with Gasteiger partial charge >= 0.3 is 17.9 Å². The van der Waals surface area contributed by atoms with Gasteiger partial charge in [0.15, 0.2) is 0 Å². The summed E-state index contributed by atoms with van der Waals surface area (Å²) in [5, 5.41) is 90.3. The van der Waals surface area contributed by atoms with Gasteiger partial charge in [-0.1, -0.05) is 88.1 Å². The minimum Gasteiger partial charge on any atom is -0.508 e. The molecule has 4 aliphatic heterocycles. The van der Waals surface area contributed by atoms with Gasteiger partial charge < -0.3 is 134 Å². The van der Waals surface area contributed by atoms with Crippen molar-refractivity contribution in [3.63, 3.8) is 0 Å². The fraction of sp³-hybridized carbons (Fsp3) is 0.522. The molecule has 0 saturated carbocycles. The molecule has 16 amide bonds. The van der Waals surface area contributed by atoms with Gasteiger partial charge in [0.2, 0.25) is 94.5 Å². The summed E-state index contributed by atoms with van der Waals surface area (Å²) in [4.78, 5) is 291. The van der Waals surface area contributed by atoms with E-state index in [4.69, 9.17) is 11.5 Å². The number of nitrogens with zero attached hydrogens (tertiary/aromatic N) is 7. The van der Waals surface area contributed by atoms with Crippen LogP contribution in [-0.4, -0.2) is 343 Å². The van der Waals surface area contributed by atoms with Gasteiger partial charge in [0.1, 0.15) is 96.9 Å². The number of nitrogens with one attached hydrogen (secondary N) is 12. The number of imidazole rings is 1. The Bertz CT molecular complexity index is 5440. The van der Waals surface area contributed by atoms with Gasteiger partial charge in [0.05, 0.1) is 37.8 Å². The number of aliphatic carboxylic acids is 3. The first-order valence-electron chi connectivity index (χ1n) is 46.2. The number of primary amides is 1. The number of thioether (sulfide) groups is 1. The van der Waals surface area contributed by atoms with Gasteiger partial charge in [0, 0.05) is 124 Å². The highest BCUT2D eigenvalue weighted by Crippen LogP contribution is 2.30. The zero-order chi connectivity index (χ0) is 101. The van der Waals surface area contributed by atoms with Crippen LogP contribution in [-0.2, 0) is 123 Å². The summed E-state index contributed by atoms with van der Waals surface area (Å²) >= 11 is 0.750. The number of amides is 16. The summed E-state index contributed by atoms with van der Waals surface area (Å²) < 4.78 is 1.39. The van der Waals surface area contributed by atoms with E-state index >= 15 is 47.9 Å². The molecule has 46 nitrogen and oxygen atoms in total. The molecule has 0 radical (unpaired) electrons. The van der Waals surface area contributed by atoms with Crippen molar-refractivity contribution >= 4 is 146 Å². The van der Waals surface area contributed by atoms with E-state index in [0.29, 0.717) is 58.6 Å². The molecule has 7 heterocycles. The Balaban J connectivity index is 1.03. The number of piperidine rings is 1. The molecule has 0 aliphatic carbocycles. The van der Waals surface area contributed by atoms with Gasteiger partial charge in [-0.05, 0) is 105 Å². The number of nitrogens with two attached hydrogens (primary N) is 2. The molecular weight excluding hydrogens is 1830 g/mol. The molecule has 752 valence electrons. The Labute approximate surface area is 802 Å². The van der Waals surface area contributed by atoms with E-state index < -0.39 is 286 Å². The van der Waals surface area contributed by atoms with Crippen LogP contribution in [0.5, 0.6) is 5.75 Å². The third-order valence-electron chi connectivity index (χ3n) is 25.0. The number of aromatic amines is 2. The number of aromatic hydroxyl groups is 1. The minimum atomic E-state index is -2.02. The Morgan fingerprint density at radius 1 is 0.532 bits per heavy atom. The quantitative estimate of drug-likeness (QED) is 0.0240. The number of unbranched alkanes of at least 4 members (excludes halogenated alkanes) is 2. The number of aliphatic hydroxyl groups excluding tert-OH is 2. The fourth-order valence-electron chi connectivity index (χ4n) is 17.7. The number of carboxylic acid groups (broad SMARTS) is 3. The van der Waals surface area contributed by atoms with Crippen molar-refractivity contribution in [2.75, 3.05) is 64.9 Å². The van der Waals surface area contributed by atoms with Gasteiger partial charge in [-0.15, -0.1) is 11.8 Å². The number of para-hydroxylation sites is 2. The van der Waals surface area contributed by atoms with E-state index in [-0.39, 0.29) is 94.4 Å². The molecular formula is C92H123N21O25S. The van der Waals surface area contributed by atoms with Crippen molar-refractivity contribution in [2.24, 2.45) is 11.5 Å². The molecule has 22 N–H and O–H groups in total. The number of carbonyl (C=O) groups is 19. The lowest BCUT2D eigenvalue weighted by Crippen LogP contribution is -2.62. The van der Waals surface area contributed by atoms with Crippen LogP contribution in [0.25, 0.3) is 21.8 Å². The number of H-pyrrole nitrogens is 2. The molecule has 4 saturated heterocycles. The zero-order valence-corrected chi connectivity index (χ0v) is 78.4. The number of hydrogen-bond acceptors (Lipinski definition) is 25. The average molecular weight is 1960 g/mol. The van der Waals surface area contributed by atoms with Crippen molar-refractivity contribution in [1.82, 2.24) is 97.2 Å². The van der Waals surface area contributed by atoms with E-state index in [2.05, 4.69) is 68.1 Å². The summed E-state index contributed by atoms with van der Waals surface area (Å²) in [5.74, 6) is -21.8. The van der Waals surface area contributed by atoms with Crippen LogP contribution < -0.4 is 64.6 Å². The number of rotatable bonds is 27. The van der Waals surface area contributed by atoms with Gasteiger partial charge in [0.25, 0.3) is 0 Å². The summed E-state index contributed by atoms with van der Waals surface area (Å²) in [6.45, 7) is -0.150. The van der Waals surface area contributed by atoms with E-state index in [1.165, 1.54) is 67.8 Å². The Kier molecular flexibility index (Phi) is 39.1. The zero-order valence-electron chi connectivity index (χ0n) is 77.5. The first-order chi connectivity index (χ1) is 66.4. The number of phenols is 1. The van der Waals surface area contributed by atoms with E-state index in [1.807, 2.05) is 0 Å². The molecule has 0 spiro atoms. The molecule has 3 aromatic heterocycles. The van der Waals surface area contributed by atoms with Crippen LogP contribution in [0.15, 0.2) is 97.7 Å². The monoisotopic (exact) mass is 1950 g/mol. The van der Waals surface area contributed by atoms with Crippen LogP contribution in [0, 0.1) is 0 Å². The van der Waals surface area contributed by atoms with Gasteiger partial charge in [-0.3, -0.25) is 91.1 Å². The van der Waals surface area contributed by atoms with Crippen LogP contribution in [0.4, 0.5) is 0 Å². The maximum atomic E-state index is 15.9. The fourth-order valence-corrected chi connectivity index (χ4v) is 18.6. The Hall–Kier alpha value is -14.1. The summed E-state index contributed by atoms with van der Waals surface area (Å²) in [5.41, 5.74) is 13.7. The topological polar surface area (TPSA) is 684 Å². The number of phenolic OH excluding ortho intramolecular Hbond substituents is 1. The van der Waals surface area contributed by atoms with Crippen molar-refractivity contribution in [2.45, 2.75) is 239 Å². The molecule has 0 unspecified atom stereocenters. The SMILES string of the molecule is CCCC[C@H]1C(=O)N(C)[C@@H](CCCC)C(=O)N[C@@H](CCN)C(=O)N[C@H](C(=O)NCC(N)=O)CSCC(=O)N[C@@H](Cc2ccc(O)cc2)C(=O)N2CCCC[C@H]2C(=O)N[C@@H](CC(=O)O)C(=O)N2CCC[C@H]2C(=O)N[C@@H](Cc2cnc[nH]2)C(=O)N[C@@H](CCC(=O)O)C(=O)N2C[C@H](O)C[C@H]2C(=O)N[C@@H](Cc2c[nH]c3ccccc23)C(=O)N[C@@H](CO)C(=O)N[C@@H](Cc2cn(CC(=O)O)c3ccccc23)C(=O)N1C. The van der Waals surface area contributed by atoms with Crippen LogP contribution in [0.3, 0.4) is 0 Å². The van der Waals surface area contributed by atoms with Crippen LogP contribution in [0.1, 0.15) is 139 Å². The summed E-state index contributed by atoms with van der Waals surface area (Å²) in [6.07, 6.45) is 0.860. The molecule has 15 atom stereocenters. The normalized spacial score (nSPS) is 24.8. The predicted molar refractivity (Wildman–Crippen MR) is 499 cm³/mol. The van der Waals surface area contributed by atoms with E-state index in [0.717, 1.165) is 36.3 Å². The Morgan fingerprint density at radius 3 is 1.73 bits per heavy atom. The first-order valence-corrected chi connectivity index (χ1v) is 47.4. The smallest absolute Gasteiger partial charge is 0.323 e. The second kappa shape index (κ2) is 50.8. The Morgan fingerprint density at radius 2 is 1.09 bits per heavy atom. The largest absolute Gasteiger partial charge is 0.508 e. The number of hydrogen-bond donors (Lipinski definition) is 20. The molecule has 47 heteroatoms. The highest BCUT2D eigenvalue weighted by molar-refractivity contribution is 8.00. The first kappa shape index (κ1) is 107. The van der Waals surface area contributed by atoms with Crippen LogP contribution in [0.2, 0.25) is 0 Å². The van der Waals surface area contributed by atoms with E-state index in [9.17, 15) is 73.8 Å². The van der Waals surface area contributed by atoms with Crippen molar-refractivity contribution in [3.8, 4) is 5.75 Å². The number of fused-ring (bicyclic) bond motifs is 5. The van der Waals surface area contributed by atoms with Crippen molar-refractivity contribution < 1.29 is 122 Å². The number of aromatic nitrogens is 4. The standard InChI is InChI=1S/C92H123N21O25S/c1-5-7-19-69-84(130)100-59(30-31-93)80(126)107-67(79(125)97-42-74(94)117)47-139-48-75(118)99-63(34-50-24-26-54(115)27-25-50)90(136)111-32-14-13-22-70(111)86(132)105-65(39-77(121)122)91(137)112-33-15-23-71(112)85(131)103-62(37-53-41-95-49-98-53)82(128)101-60(28-29-76(119)120)89(135)113-44-55(116)38-73(113)87(133)102-61(35-51-40-96-58-18-11-9-16-56(51)58)81(127)106-66(46-114)83(129)104-64(88(134)109(4)72(20-8-6-2)92(138)108(69)3)36-52-43-110(45-78(123)124)68-21-12-10-17-57(52)68/h9-12,16-18,21,24-27,40-41,43,49,55,59-67,69-73,96,114-116H,5-8,13-15,19-20,22-23,28-39,42,44-48,93H2,1-4H3,(H2,94,117)(H,95,98)(H,97,125)(H,99,118)(H,100,130)(H,101,128)(H,102,133)(H,103,131)(H,104,129)(H,105,132)(H,106,127)(H,107,126)(H,119,120)(H,121,122)(H,123,124)/t55-,59+,60+,61+,62+,63+,64+,65+,66+,67+,69+,70+,71+,72+,73+/m1/s1. The molecule has 6 aromatic rings. The van der Waals surface area contributed by atoms with Crippen LogP contribution >= 0.6 is 11.8 Å². The molecule has 4 aliphatic rings. The lowest BCUT2D eigenvalue weighted by Gasteiger charge is -2.38. The number of aliphatic hydroxyl groups is 2. The third-order valence-corrected chi connectivity index (χ3v) is 26.0. The predicted octanol–water partition coefficient (Wildman–Crippen LogP) is -3.33. The number of benzene rings is 3. The highest BCUT2D eigenvalue weighted by atomic mass is 32.2. The summed E-state index contributed by atoms with van der Waals surface area (Å²) in [6, 6.07) is -4.56. The third kappa shape index (κ3) is 29.0. The number of likely N-dealkylation sites (N-methyl/N-ethyl adjacent to an activating group) is 2. The minimum absolute atomic E-state index is 0.0561. The van der Waals surface area contributed by atoms with Crippen molar-refractivity contribution in [3.05, 3.63) is 120 Å². The lowest BCUT2D eigenvalue weighted by atomic mass is 9.97. The second-order valence-electron chi connectivity index (χ2n) is 35.1. The molecule has 139 heavy (non-hydrogen) atoms. The average Bonchev–Trinajstić information content (AvgIpc) is 1.74. The number of carboxylic acids is 3. The maximum absolute atomic E-state index is 15.9.